The minimum absolute atomic E-state index is 0.0547. The Hall–Kier alpha value is -2.69. The van der Waals surface area contributed by atoms with E-state index in [1.54, 1.807) is 16.9 Å². The van der Waals surface area contributed by atoms with E-state index in [0.717, 1.165) is 5.52 Å². The van der Waals surface area contributed by atoms with E-state index in [2.05, 4.69) is 36.2 Å². The number of carbonyl (C=O) groups excluding carboxylic acids is 1. The first-order valence-corrected chi connectivity index (χ1v) is 7.65. The summed E-state index contributed by atoms with van der Waals surface area (Å²) in [7, 11) is 0. The summed E-state index contributed by atoms with van der Waals surface area (Å²) in [6.45, 7) is 0.0547. The molecule has 0 unspecified atom stereocenters. The minimum Gasteiger partial charge on any atom is -0.382 e. The molecule has 1 amide bonds. The van der Waals surface area contributed by atoms with E-state index in [1.807, 2.05) is 18.2 Å². The van der Waals surface area contributed by atoms with Gasteiger partial charge in [0.2, 0.25) is 0 Å². The molecule has 3 heterocycles. The van der Waals surface area contributed by atoms with Crippen LogP contribution in [-0.2, 0) is 12.7 Å². The Bertz CT molecular complexity index is 955. The molecule has 0 aromatic carbocycles. The quantitative estimate of drug-likeness (QED) is 0.685. The number of amides is 1. The standard InChI is InChI=1S/C14H10BrF3N6O/c15-11-10(14(16,17)18)23-12(19)9(22-11)13(25)20-5-7-8-3-1-2-4-24(8)6-21-7/h1-4,6H,5H2,(H2,19,23)(H,20,25). The second-order valence-corrected chi connectivity index (χ2v) is 5.71. The number of pyridine rings is 1. The molecule has 3 N–H and O–H groups in total. The Morgan fingerprint density at radius 1 is 1.32 bits per heavy atom. The van der Waals surface area contributed by atoms with E-state index in [-0.39, 0.29) is 6.54 Å². The predicted molar refractivity (Wildman–Crippen MR) is 85.5 cm³/mol. The number of alkyl halides is 3. The second kappa shape index (κ2) is 6.31. The fraction of sp³-hybridized carbons (Fsp3) is 0.143. The van der Waals surface area contributed by atoms with Crippen LogP contribution in [0.4, 0.5) is 19.0 Å². The van der Waals surface area contributed by atoms with Gasteiger partial charge in [-0.3, -0.25) is 4.79 Å². The Kier molecular flexibility index (Phi) is 4.33. The van der Waals surface area contributed by atoms with Crippen molar-refractivity contribution in [2.75, 3.05) is 5.73 Å². The van der Waals surface area contributed by atoms with Crippen molar-refractivity contribution in [1.82, 2.24) is 24.7 Å². The average Bonchev–Trinajstić information content (AvgIpc) is 2.96. The van der Waals surface area contributed by atoms with Gasteiger partial charge in [0.15, 0.2) is 17.2 Å². The maximum Gasteiger partial charge on any atom is 0.436 e. The first-order chi connectivity index (χ1) is 11.8. The van der Waals surface area contributed by atoms with Crippen molar-refractivity contribution < 1.29 is 18.0 Å². The van der Waals surface area contributed by atoms with E-state index < -0.39 is 33.9 Å². The van der Waals surface area contributed by atoms with Gasteiger partial charge in [0.25, 0.3) is 5.91 Å². The molecule has 0 aliphatic heterocycles. The van der Waals surface area contributed by atoms with Crippen LogP contribution in [-0.4, -0.2) is 25.3 Å². The number of carbonyl (C=O) groups is 1. The molecule has 3 aromatic heterocycles. The topological polar surface area (TPSA) is 98.2 Å². The highest BCUT2D eigenvalue weighted by Gasteiger charge is 2.37. The maximum absolute atomic E-state index is 12.7. The number of nitrogens with two attached hydrogens (primary N) is 1. The van der Waals surface area contributed by atoms with Gasteiger partial charge in [-0.25, -0.2) is 15.0 Å². The van der Waals surface area contributed by atoms with Crippen molar-refractivity contribution in [3.05, 3.63) is 52.4 Å². The fourth-order valence-corrected chi connectivity index (χ4v) is 2.65. The van der Waals surface area contributed by atoms with Gasteiger partial charge in [0.1, 0.15) is 4.60 Å². The van der Waals surface area contributed by atoms with Crippen LogP contribution in [0.3, 0.4) is 0 Å². The van der Waals surface area contributed by atoms with Gasteiger partial charge in [0, 0.05) is 6.20 Å². The van der Waals surface area contributed by atoms with Crippen LogP contribution in [0, 0.1) is 0 Å². The molecule has 7 nitrogen and oxygen atoms in total. The molecule has 0 saturated heterocycles. The molecule has 3 aromatic rings. The summed E-state index contributed by atoms with van der Waals surface area (Å²) in [5.74, 6) is -1.36. The first kappa shape index (κ1) is 17.1. The van der Waals surface area contributed by atoms with Gasteiger partial charge in [-0.15, -0.1) is 0 Å². The largest absolute Gasteiger partial charge is 0.436 e. The molecule has 25 heavy (non-hydrogen) atoms. The number of nitrogens with zero attached hydrogens (tertiary/aromatic N) is 4. The van der Waals surface area contributed by atoms with Gasteiger partial charge >= 0.3 is 6.18 Å². The van der Waals surface area contributed by atoms with Crippen molar-refractivity contribution in [2.45, 2.75) is 12.7 Å². The molecular weight excluding hydrogens is 405 g/mol. The van der Waals surface area contributed by atoms with Crippen molar-refractivity contribution in [1.29, 1.82) is 0 Å². The fourth-order valence-electron chi connectivity index (χ4n) is 2.16. The van der Waals surface area contributed by atoms with Crippen LogP contribution in [0.5, 0.6) is 0 Å². The number of anilines is 1. The summed E-state index contributed by atoms with van der Waals surface area (Å²) >= 11 is 2.66. The monoisotopic (exact) mass is 414 g/mol. The number of halogens is 4. The number of imidazole rings is 1. The Labute approximate surface area is 147 Å². The highest BCUT2D eigenvalue weighted by molar-refractivity contribution is 9.10. The first-order valence-electron chi connectivity index (χ1n) is 6.86. The zero-order chi connectivity index (χ0) is 18.2. The molecule has 0 aliphatic carbocycles. The molecule has 0 spiro atoms. The molecule has 0 aliphatic rings. The second-order valence-electron chi connectivity index (χ2n) is 4.96. The smallest absolute Gasteiger partial charge is 0.382 e. The molecule has 11 heteroatoms. The summed E-state index contributed by atoms with van der Waals surface area (Å²) in [6, 6.07) is 5.46. The van der Waals surface area contributed by atoms with Gasteiger partial charge in [-0.1, -0.05) is 6.07 Å². The molecule has 0 atom stereocenters. The zero-order valence-electron chi connectivity index (χ0n) is 12.4. The van der Waals surface area contributed by atoms with Crippen molar-refractivity contribution in [3.8, 4) is 0 Å². The average molecular weight is 415 g/mol. The lowest BCUT2D eigenvalue weighted by molar-refractivity contribution is -0.142. The third kappa shape index (κ3) is 3.40. The van der Waals surface area contributed by atoms with Crippen molar-refractivity contribution >= 4 is 33.2 Å². The number of hydrogen-bond donors (Lipinski definition) is 2. The van der Waals surface area contributed by atoms with Crippen LogP contribution in [0.25, 0.3) is 5.52 Å². The summed E-state index contributed by atoms with van der Waals surface area (Å²) in [6.07, 6.45) is -1.35. The lowest BCUT2D eigenvalue weighted by atomic mass is 10.3. The van der Waals surface area contributed by atoms with E-state index >= 15 is 0 Å². The van der Waals surface area contributed by atoms with Crippen LogP contribution in [0.1, 0.15) is 21.9 Å². The number of rotatable bonds is 3. The summed E-state index contributed by atoms with van der Waals surface area (Å²) in [5.41, 5.74) is 5.14. The summed E-state index contributed by atoms with van der Waals surface area (Å²) < 4.78 is 39.4. The van der Waals surface area contributed by atoms with E-state index in [1.165, 1.54) is 0 Å². The minimum atomic E-state index is -4.73. The van der Waals surface area contributed by atoms with E-state index in [4.69, 9.17) is 5.73 Å². The third-order valence-electron chi connectivity index (χ3n) is 3.30. The number of nitrogen functional groups attached to an aromatic ring is 1. The van der Waals surface area contributed by atoms with Crippen molar-refractivity contribution in [3.63, 3.8) is 0 Å². The van der Waals surface area contributed by atoms with Crippen LogP contribution in [0.15, 0.2) is 35.3 Å². The van der Waals surface area contributed by atoms with Gasteiger partial charge in [0.05, 0.1) is 24.1 Å². The molecule has 0 saturated carbocycles. The van der Waals surface area contributed by atoms with Gasteiger partial charge in [-0.05, 0) is 28.1 Å². The van der Waals surface area contributed by atoms with Crippen LogP contribution >= 0.6 is 15.9 Å². The van der Waals surface area contributed by atoms with Crippen LogP contribution in [0.2, 0.25) is 0 Å². The predicted octanol–water partition coefficient (Wildman–Crippen LogP) is 2.42. The lowest BCUT2D eigenvalue weighted by Crippen LogP contribution is -2.27. The normalized spacial score (nSPS) is 11.7. The van der Waals surface area contributed by atoms with Gasteiger partial charge < -0.3 is 15.5 Å². The third-order valence-corrected chi connectivity index (χ3v) is 3.86. The maximum atomic E-state index is 12.7. The number of hydrogen-bond acceptors (Lipinski definition) is 5. The molecule has 0 bridgehead atoms. The summed E-state index contributed by atoms with van der Waals surface area (Å²) in [4.78, 5) is 23.1. The van der Waals surface area contributed by atoms with Gasteiger partial charge in [-0.2, -0.15) is 13.2 Å². The highest BCUT2D eigenvalue weighted by Crippen LogP contribution is 2.33. The molecule has 0 radical (unpaired) electrons. The molecular formula is C14H10BrF3N6O. The molecule has 130 valence electrons. The van der Waals surface area contributed by atoms with E-state index in [0.29, 0.717) is 5.69 Å². The number of fused-ring (bicyclic) bond motifs is 1. The highest BCUT2D eigenvalue weighted by atomic mass is 79.9. The molecule has 3 rings (SSSR count). The Morgan fingerprint density at radius 2 is 2.08 bits per heavy atom. The number of nitrogens with one attached hydrogen (secondary N) is 1. The van der Waals surface area contributed by atoms with Crippen molar-refractivity contribution in [2.24, 2.45) is 0 Å². The summed E-state index contributed by atoms with van der Waals surface area (Å²) in [5, 5.41) is 2.52. The van der Waals surface area contributed by atoms with Crippen LogP contribution < -0.4 is 11.1 Å². The zero-order valence-corrected chi connectivity index (χ0v) is 14.0. The molecule has 0 fully saturated rings. The SMILES string of the molecule is Nc1nc(C(F)(F)F)c(Br)nc1C(=O)NCc1ncn2ccccc12. The lowest BCUT2D eigenvalue weighted by Gasteiger charge is -2.11. The number of aromatic nitrogens is 4. The Balaban J connectivity index is 1.81. The Morgan fingerprint density at radius 3 is 2.80 bits per heavy atom. The van der Waals surface area contributed by atoms with E-state index in [9.17, 15) is 18.0 Å².